The van der Waals surface area contributed by atoms with Gasteiger partial charge in [0.25, 0.3) is 0 Å². The van der Waals surface area contributed by atoms with Crippen LogP contribution in [0, 0.1) is 5.82 Å². The molecule has 0 aliphatic heterocycles. The van der Waals surface area contributed by atoms with Gasteiger partial charge in [0.15, 0.2) is 0 Å². The predicted molar refractivity (Wildman–Crippen MR) is 65.5 cm³/mol. The molecule has 106 valence electrons. The highest BCUT2D eigenvalue weighted by Gasteiger charge is 2.32. The first-order chi connectivity index (χ1) is 9.38. The molecule has 20 heavy (non-hydrogen) atoms. The summed E-state index contributed by atoms with van der Waals surface area (Å²) in [6, 6.07) is 6.22. The van der Waals surface area contributed by atoms with Crippen LogP contribution >= 0.6 is 0 Å². The first-order valence-corrected chi connectivity index (χ1v) is 5.79. The van der Waals surface area contributed by atoms with Crippen LogP contribution < -0.4 is 5.32 Å². The fourth-order valence-electron chi connectivity index (χ4n) is 1.68. The van der Waals surface area contributed by atoms with Crippen molar-refractivity contribution in [2.75, 3.05) is 5.32 Å². The SMILES string of the molecule is CC(Nc1nccc(C(F)(F)F)n1)c1ccccc1F. The van der Waals surface area contributed by atoms with Crippen LogP contribution in [-0.2, 0) is 6.18 Å². The van der Waals surface area contributed by atoms with Crippen LogP contribution in [0.5, 0.6) is 0 Å². The molecule has 0 amide bonds. The van der Waals surface area contributed by atoms with E-state index in [0.29, 0.717) is 5.56 Å². The molecular formula is C13H11F4N3. The number of halogens is 4. The van der Waals surface area contributed by atoms with Gasteiger partial charge in [0.1, 0.15) is 11.5 Å². The Morgan fingerprint density at radius 1 is 1.15 bits per heavy atom. The van der Waals surface area contributed by atoms with Crippen LogP contribution in [0.1, 0.15) is 24.2 Å². The van der Waals surface area contributed by atoms with E-state index in [1.165, 1.54) is 12.1 Å². The zero-order valence-electron chi connectivity index (χ0n) is 10.4. The lowest BCUT2D eigenvalue weighted by Crippen LogP contribution is -2.14. The third kappa shape index (κ3) is 3.23. The molecule has 0 aliphatic carbocycles. The molecule has 2 aromatic rings. The lowest BCUT2D eigenvalue weighted by Gasteiger charge is -2.15. The fourth-order valence-corrected chi connectivity index (χ4v) is 1.68. The molecule has 0 radical (unpaired) electrons. The summed E-state index contributed by atoms with van der Waals surface area (Å²) in [6.45, 7) is 1.61. The molecule has 1 N–H and O–H groups in total. The summed E-state index contributed by atoms with van der Waals surface area (Å²) in [4.78, 5) is 7.07. The van der Waals surface area contributed by atoms with E-state index < -0.39 is 23.7 Å². The second-order valence-corrected chi connectivity index (χ2v) is 4.15. The van der Waals surface area contributed by atoms with Gasteiger partial charge in [-0.15, -0.1) is 0 Å². The normalized spacial score (nSPS) is 13.1. The highest BCUT2D eigenvalue weighted by Crippen LogP contribution is 2.28. The molecule has 3 nitrogen and oxygen atoms in total. The summed E-state index contributed by atoms with van der Waals surface area (Å²) in [5.74, 6) is -0.643. The minimum Gasteiger partial charge on any atom is -0.348 e. The first kappa shape index (κ1) is 14.2. The topological polar surface area (TPSA) is 37.8 Å². The van der Waals surface area contributed by atoms with Crippen molar-refractivity contribution in [2.45, 2.75) is 19.1 Å². The molecule has 0 fully saturated rings. The monoisotopic (exact) mass is 285 g/mol. The Morgan fingerprint density at radius 2 is 1.85 bits per heavy atom. The molecule has 2 rings (SSSR count). The van der Waals surface area contributed by atoms with Crippen molar-refractivity contribution in [1.29, 1.82) is 0 Å². The van der Waals surface area contributed by atoms with Crippen molar-refractivity contribution < 1.29 is 17.6 Å². The van der Waals surface area contributed by atoms with Crippen molar-refractivity contribution in [3.8, 4) is 0 Å². The molecule has 0 bridgehead atoms. The predicted octanol–water partition coefficient (Wildman–Crippen LogP) is 3.81. The number of anilines is 1. The highest BCUT2D eigenvalue weighted by atomic mass is 19.4. The van der Waals surface area contributed by atoms with Gasteiger partial charge >= 0.3 is 6.18 Å². The van der Waals surface area contributed by atoms with Crippen molar-refractivity contribution in [2.24, 2.45) is 0 Å². The molecule has 7 heteroatoms. The molecule has 1 unspecified atom stereocenters. The van der Waals surface area contributed by atoms with Crippen LogP contribution in [0.15, 0.2) is 36.5 Å². The number of nitrogens with zero attached hydrogens (tertiary/aromatic N) is 2. The molecule has 0 saturated heterocycles. The number of benzene rings is 1. The summed E-state index contributed by atoms with van der Waals surface area (Å²) in [7, 11) is 0. The van der Waals surface area contributed by atoms with Crippen LogP contribution in [-0.4, -0.2) is 9.97 Å². The number of nitrogens with one attached hydrogen (secondary N) is 1. The van der Waals surface area contributed by atoms with Crippen LogP contribution in [0.2, 0.25) is 0 Å². The smallest absolute Gasteiger partial charge is 0.348 e. The van der Waals surface area contributed by atoms with Crippen molar-refractivity contribution in [3.63, 3.8) is 0 Å². The minimum atomic E-state index is -4.54. The number of hydrogen-bond donors (Lipinski definition) is 1. The highest BCUT2D eigenvalue weighted by molar-refractivity contribution is 5.32. The summed E-state index contributed by atoms with van der Waals surface area (Å²) in [5.41, 5.74) is -0.718. The zero-order chi connectivity index (χ0) is 14.8. The zero-order valence-corrected chi connectivity index (χ0v) is 10.4. The summed E-state index contributed by atoms with van der Waals surface area (Å²) >= 11 is 0. The largest absolute Gasteiger partial charge is 0.433 e. The number of alkyl halides is 3. The van der Waals surface area contributed by atoms with Crippen molar-refractivity contribution in [3.05, 3.63) is 53.6 Å². The van der Waals surface area contributed by atoms with Gasteiger partial charge < -0.3 is 5.32 Å². The molecule has 0 spiro atoms. The van der Waals surface area contributed by atoms with Gasteiger partial charge in [-0.3, -0.25) is 0 Å². The Bertz CT molecular complexity index is 598. The van der Waals surface area contributed by atoms with E-state index in [0.717, 1.165) is 12.3 Å². The van der Waals surface area contributed by atoms with Crippen molar-refractivity contribution in [1.82, 2.24) is 9.97 Å². The van der Waals surface area contributed by atoms with Crippen molar-refractivity contribution >= 4 is 5.95 Å². The van der Waals surface area contributed by atoms with Gasteiger partial charge in [0.2, 0.25) is 5.95 Å². The number of hydrogen-bond acceptors (Lipinski definition) is 3. The maximum Gasteiger partial charge on any atom is 0.433 e. The van der Waals surface area contributed by atoms with Gasteiger partial charge in [0, 0.05) is 11.8 Å². The summed E-state index contributed by atoms with van der Waals surface area (Å²) < 4.78 is 51.1. The van der Waals surface area contributed by atoms with E-state index >= 15 is 0 Å². The van der Waals surface area contributed by atoms with E-state index in [-0.39, 0.29) is 5.95 Å². The summed E-state index contributed by atoms with van der Waals surface area (Å²) in [5, 5.41) is 2.65. The Labute approximate surface area is 112 Å². The standard InChI is InChI=1S/C13H11F4N3/c1-8(9-4-2-3-5-10(9)14)19-12-18-7-6-11(20-12)13(15,16)17/h2-8H,1H3,(H,18,19,20). The Hall–Kier alpha value is -2.18. The Kier molecular flexibility index (Phi) is 3.87. The van der Waals surface area contributed by atoms with E-state index in [1.54, 1.807) is 19.1 Å². The maximum absolute atomic E-state index is 13.6. The Morgan fingerprint density at radius 3 is 2.50 bits per heavy atom. The third-order valence-corrected chi connectivity index (χ3v) is 2.66. The average Bonchev–Trinajstić information content (AvgIpc) is 2.38. The van der Waals surface area contributed by atoms with Crippen LogP contribution in [0.3, 0.4) is 0 Å². The van der Waals surface area contributed by atoms with Gasteiger partial charge in [-0.1, -0.05) is 18.2 Å². The second kappa shape index (κ2) is 5.44. The Balaban J connectivity index is 2.20. The summed E-state index contributed by atoms with van der Waals surface area (Å²) in [6.07, 6.45) is -3.53. The molecule has 0 saturated carbocycles. The van der Waals surface area contributed by atoms with E-state index in [4.69, 9.17) is 0 Å². The molecule has 1 atom stereocenters. The minimum absolute atomic E-state index is 0.199. The first-order valence-electron chi connectivity index (χ1n) is 5.79. The van der Waals surface area contributed by atoms with Crippen LogP contribution in [0.25, 0.3) is 0 Å². The molecular weight excluding hydrogens is 274 g/mol. The second-order valence-electron chi connectivity index (χ2n) is 4.15. The lowest BCUT2D eigenvalue weighted by molar-refractivity contribution is -0.141. The molecule has 1 aromatic carbocycles. The van der Waals surface area contributed by atoms with Gasteiger partial charge in [-0.05, 0) is 19.1 Å². The molecule has 1 heterocycles. The molecule has 0 aliphatic rings. The number of aromatic nitrogens is 2. The maximum atomic E-state index is 13.6. The lowest BCUT2D eigenvalue weighted by atomic mass is 10.1. The van der Waals surface area contributed by atoms with E-state index in [2.05, 4.69) is 15.3 Å². The van der Waals surface area contributed by atoms with Gasteiger partial charge in [-0.2, -0.15) is 13.2 Å². The van der Waals surface area contributed by atoms with Gasteiger partial charge in [-0.25, -0.2) is 14.4 Å². The van der Waals surface area contributed by atoms with E-state index in [9.17, 15) is 17.6 Å². The van der Waals surface area contributed by atoms with Crippen LogP contribution in [0.4, 0.5) is 23.5 Å². The quantitative estimate of drug-likeness (QED) is 0.871. The third-order valence-electron chi connectivity index (χ3n) is 2.66. The van der Waals surface area contributed by atoms with Gasteiger partial charge in [0.05, 0.1) is 6.04 Å². The molecule has 1 aromatic heterocycles. The fraction of sp³-hybridized carbons (Fsp3) is 0.231. The van der Waals surface area contributed by atoms with E-state index in [1.807, 2.05) is 0 Å². The number of rotatable bonds is 3. The average molecular weight is 285 g/mol.